The predicted molar refractivity (Wildman–Crippen MR) is 115 cm³/mol. The Morgan fingerprint density at radius 3 is 2.60 bits per heavy atom. The average Bonchev–Trinajstić information content (AvgIpc) is 3.55. The molecule has 1 saturated heterocycles. The molecule has 0 radical (unpaired) electrons. The minimum Gasteiger partial charge on any atom is -0.368 e. The number of pyridine rings is 2. The van der Waals surface area contributed by atoms with Gasteiger partial charge in [0, 0.05) is 51.4 Å². The molecular weight excluding hydrogens is 380 g/mol. The van der Waals surface area contributed by atoms with Crippen LogP contribution in [0.15, 0.2) is 35.4 Å². The molecule has 3 aromatic heterocycles. The number of aromatic amines is 1. The van der Waals surface area contributed by atoms with E-state index in [0.29, 0.717) is 18.2 Å². The second-order valence-corrected chi connectivity index (χ2v) is 8.19. The molecule has 2 fully saturated rings. The molecule has 1 N–H and O–H groups in total. The zero-order valence-corrected chi connectivity index (χ0v) is 17.2. The second kappa shape index (κ2) is 7.68. The van der Waals surface area contributed by atoms with Gasteiger partial charge in [-0.2, -0.15) is 0 Å². The van der Waals surface area contributed by atoms with E-state index in [1.54, 1.807) is 10.8 Å². The van der Waals surface area contributed by atoms with Crippen molar-refractivity contribution >= 4 is 22.6 Å². The number of anilines is 1. The van der Waals surface area contributed by atoms with Gasteiger partial charge in [0.15, 0.2) is 11.4 Å². The van der Waals surface area contributed by atoms with Crippen LogP contribution in [0.25, 0.3) is 11.2 Å². The van der Waals surface area contributed by atoms with Gasteiger partial charge < -0.3 is 9.88 Å². The van der Waals surface area contributed by atoms with E-state index in [-0.39, 0.29) is 11.5 Å². The number of ketones is 1. The van der Waals surface area contributed by atoms with E-state index in [1.165, 1.54) is 0 Å². The fourth-order valence-electron chi connectivity index (χ4n) is 4.16. The second-order valence-electron chi connectivity index (χ2n) is 8.19. The number of carbonyl (C=O) groups excluding carboxylic acids is 1. The van der Waals surface area contributed by atoms with Crippen molar-refractivity contribution < 1.29 is 4.79 Å². The molecule has 8 nitrogen and oxygen atoms in total. The molecular formula is C22H26N6O2. The molecule has 0 aromatic carbocycles. The van der Waals surface area contributed by atoms with Crippen LogP contribution < -0.4 is 10.6 Å². The molecule has 8 heteroatoms. The zero-order chi connectivity index (χ0) is 20.7. The normalized spacial score (nSPS) is 17.6. The molecule has 0 atom stereocenters. The van der Waals surface area contributed by atoms with Crippen LogP contribution >= 0.6 is 0 Å². The summed E-state index contributed by atoms with van der Waals surface area (Å²) in [5.41, 5.74) is 4.26. The maximum Gasteiger partial charge on any atom is 0.327 e. The molecule has 2 aliphatic rings. The summed E-state index contributed by atoms with van der Waals surface area (Å²) in [7, 11) is 0. The first-order valence-electron chi connectivity index (χ1n) is 10.7. The first-order valence-corrected chi connectivity index (χ1v) is 10.7. The van der Waals surface area contributed by atoms with Gasteiger partial charge in [0.25, 0.3) is 0 Å². The summed E-state index contributed by atoms with van der Waals surface area (Å²) >= 11 is 0. The third-order valence-corrected chi connectivity index (χ3v) is 6.02. The molecule has 0 amide bonds. The Hall–Kier alpha value is -3.00. The van der Waals surface area contributed by atoms with Crippen LogP contribution in [-0.4, -0.2) is 56.4 Å². The van der Waals surface area contributed by atoms with E-state index in [1.807, 2.05) is 25.3 Å². The van der Waals surface area contributed by atoms with Gasteiger partial charge in [-0.25, -0.2) is 9.78 Å². The molecule has 0 bridgehead atoms. The number of nitrogens with one attached hydrogen (secondary N) is 1. The molecule has 1 aliphatic carbocycles. The van der Waals surface area contributed by atoms with E-state index in [0.717, 1.165) is 68.0 Å². The maximum absolute atomic E-state index is 12.2. The van der Waals surface area contributed by atoms with Crippen LogP contribution in [0.4, 0.5) is 5.69 Å². The molecule has 156 valence electrons. The molecule has 1 aliphatic heterocycles. The highest BCUT2D eigenvalue weighted by molar-refractivity contribution is 5.94. The molecule has 0 unspecified atom stereocenters. The summed E-state index contributed by atoms with van der Waals surface area (Å²) in [4.78, 5) is 40.5. The van der Waals surface area contributed by atoms with Crippen LogP contribution in [0.2, 0.25) is 0 Å². The summed E-state index contributed by atoms with van der Waals surface area (Å²) in [5.74, 6) is 0.0748. The number of Topliss-reactive ketones (excluding diaryl/α,β-unsaturated/α-hetero) is 1. The molecule has 4 heterocycles. The first kappa shape index (κ1) is 19.0. The summed E-state index contributed by atoms with van der Waals surface area (Å²) in [6.45, 7) is 6.36. The van der Waals surface area contributed by atoms with Crippen molar-refractivity contribution in [3.8, 4) is 0 Å². The lowest BCUT2D eigenvalue weighted by molar-refractivity contribution is 0.0983. The number of rotatable bonds is 6. The number of fused-ring (bicyclic) bond motifs is 1. The Balaban J connectivity index is 1.22. The van der Waals surface area contributed by atoms with Crippen molar-refractivity contribution in [2.24, 2.45) is 0 Å². The number of hydrogen-bond acceptors (Lipinski definition) is 6. The topological polar surface area (TPSA) is 87.1 Å². The van der Waals surface area contributed by atoms with E-state index in [9.17, 15) is 9.59 Å². The van der Waals surface area contributed by atoms with Gasteiger partial charge in [-0.1, -0.05) is 6.92 Å². The minimum atomic E-state index is -0.0500. The van der Waals surface area contributed by atoms with Gasteiger partial charge in [-0.15, -0.1) is 0 Å². The smallest absolute Gasteiger partial charge is 0.327 e. The highest BCUT2D eigenvalue weighted by atomic mass is 16.1. The molecule has 1 saturated carbocycles. The Morgan fingerprint density at radius 1 is 1.13 bits per heavy atom. The number of H-pyrrole nitrogens is 1. The SMILES string of the molecule is CCC(=O)c1ccc(N2CCN(Cc3cnc4c(c3)[nH]c(=O)n4C3CC3)CC2)cn1. The van der Waals surface area contributed by atoms with E-state index < -0.39 is 0 Å². The molecule has 3 aromatic rings. The van der Waals surface area contributed by atoms with Crippen molar-refractivity contribution in [1.29, 1.82) is 0 Å². The molecule has 5 rings (SSSR count). The Kier molecular flexibility index (Phi) is 4.86. The fourth-order valence-corrected chi connectivity index (χ4v) is 4.16. The quantitative estimate of drug-likeness (QED) is 0.633. The zero-order valence-electron chi connectivity index (χ0n) is 17.2. The first-order chi connectivity index (χ1) is 14.6. The third-order valence-electron chi connectivity index (χ3n) is 6.02. The van der Waals surface area contributed by atoms with Crippen molar-refractivity contribution in [1.82, 2.24) is 24.4 Å². The molecule has 30 heavy (non-hydrogen) atoms. The monoisotopic (exact) mass is 406 g/mol. The summed E-state index contributed by atoms with van der Waals surface area (Å²) < 4.78 is 1.80. The van der Waals surface area contributed by atoms with Crippen LogP contribution in [0, 0.1) is 0 Å². The summed E-state index contributed by atoms with van der Waals surface area (Å²) in [5, 5.41) is 0. The third kappa shape index (κ3) is 3.63. The van der Waals surface area contributed by atoms with Crippen molar-refractivity contribution in [2.45, 2.75) is 38.8 Å². The van der Waals surface area contributed by atoms with Gasteiger partial charge in [-0.3, -0.25) is 19.2 Å². The van der Waals surface area contributed by atoms with Crippen molar-refractivity contribution in [2.75, 3.05) is 31.1 Å². The maximum atomic E-state index is 12.2. The fraction of sp³-hybridized carbons (Fsp3) is 0.455. The minimum absolute atomic E-state index is 0.0500. The Bertz CT molecular complexity index is 1120. The number of piperazine rings is 1. The van der Waals surface area contributed by atoms with Gasteiger partial charge in [0.05, 0.1) is 17.4 Å². The number of hydrogen-bond donors (Lipinski definition) is 1. The number of nitrogens with zero attached hydrogens (tertiary/aromatic N) is 5. The van der Waals surface area contributed by atoms with E-state index in [2.05, 4.69) is 30.8 Å². The van der Waals surface area contributed by atoms with Crippen molar-refractivity contribution in [3.05, 3.63) is 52.3 Å². The van der Waals surface area contributed by atoms with Crippen LogP contribution in [-0.2, 0) is 6.54 Å². The Labute approximate surface area is 174 Å². The summed E-state index contributed by atoms with van der Waals surface area (Å²) in [6.07, 6.45) is 6.30. The van der Waals surface area contributed by atoms with Crippen LogP contribution in [0.1, 0.15) is 48.3 Å². The highest BCUT2D eigenvalue weighted by Crippen LogP contribution is 2.35. The van der Waals surface area contributed by atoms with Gasteiger partial charge in [0.1, 0.15) is 5.69 Å². The van der Waals surface area contributed by atoms with Gasteiger partial charge in [-0.05, 0) is 36.6 Å². The number of imidazole rings is 1. The predicted octanol–water partition coefficient (Wildman–Crippen LogP) is 2.37. The van der Waals surface area contributed by atoms with Crippen LogP contribution in [0.3, 0.4) is 0 Å². The number of aromatic nitrogens is 4. The molecule has 0 spiro atoms. The van der Waals surface area contributed by atoms with Gasteiger partial charge >= 0.3 is 5.69 Å². The highest BCUT2D eigenvalue weighted by Gasteiger charge is 2.28. The average molecular weight is 406 g/mol. The lowest BCUT2D eigenvalue weighted by Gasteiger charge is -2.36. The number of carbonyl (C=O) groups is 1. The summed E-state index contributed by atoms with van der Waals surface area (Å²) in [6, 6.07) is 6.19. The lowest BCUT2D eigenvalue weighted by Crippen LogP contribution is -2.46. The van der Waals surface area contributed by atoms with Crippen LogP contribution in [0.5, 0.6) is 0 Å². The lowest BCUT2D eigenvalue weighted by atomic mass is 10.2. The van der Waals surface area contributed by atoms with E-state index in [4.69, 9.17) is 0 Å². The van der Waals surface area contributed by atoms with Gasteiger partial charge in [0.2, 0.25) is 0 Å². The van der Waals surface area contributed by atoms with Crippen molar-refractivity contribution in [3.63, 3.8) is 0 Å². The van der Waals surface area contributed by atoms with E-state index >= 15 is 0 Å². The standard InChI is InChI=1S/C22H26N6O2/c1-2-20(29)18-6-5-17(13-23-18)27-9-7-26(8-10-27)14-15-11-19-21(24-12-15)28(16-3-4-16)22(30)25-19/h5-6,11-13,16H,2-4,7-10,14H2,1H3,(H,25,30). The largest absolute Gasteiger partial charge is 0.368 e. The Morgan fingerprint density at radius 2 is 1.93 bits per heavy atom.